The van der Waals surface area contributed by atoms with E-state index in [0.717, 1.165) is 43.4 Å². The normalized spacial score (nSPS) is 23.1. The lowest BCUT2D eigenvalue weighted by atomic mass is 9.78. The van der Waals surface area contributed by atoms with E-state index in [0.29, 0.717) is 17.9 Å². The van der Waals surface area contributed by atoms with Gasteiger partial charge in [-0.3, -0.25) is 0 Å². The molecule has 2 aliphatic rings. The first-order chi connectivity index (χ1) is 11.6. The highest BCUT2D eigenvalue weighted by Gasteiger charge is 2.32. The zero-order valence-electron chi connectivity index (χ0n) is 14.5. The molecule has 2 aliphatic carbocycles. The number of hydrogen-bond donors (Lipinski definition) is 1. The minimum absolute atomic E-state index is 0.340. The minimum atomic E-state index is 0.340. The fraction of sp³-hybridized carbons (Fsp3) is 0.611. The second-order valence-corrected chi connectivity index (χ2v) is 7.20. The topological polar surface area (TPSA) is 72.9 Å². The van der Waals surface area contributed by atoms with Gasteiger partial charge in [-0.05, 0) is 32.6 Å². The number of anilines is 1. The standard InChI is InChI=1S/C18H26N6/c1-3-24-7-6-20-17(24)11-23(2)16-10-15(13-8-14(19)9-13)21-18(22-16)12-4-5-12/h6-7,10,12-14H,3-5,8-9,11,19H2,1-2H3. The van der Waals surface area contributed by atoms with E-state index < -0.39 is 0 Å². The Morgan fingerprint density at radius 3 is 2.71 bits per heavy atom. The van der Waals surface area contributed by atoms with Gasteiger partial charge < -0.3 is 15.2 Å². The fourth-order valence-corrected chi connectivity index (χ4v) is 3.38. The van der Waals surface area contributed by atoms with Gasteiger partial charge in [-0.1, -0.05) is 0 Å². The van der Waals surface area contributed by atoms with Crippen LogP contribution >= 0.6 is 0 Å². The Labute approximate surface area is 143 Å². The Kier molecular flexibility index (Phi) is 4.00. The summed E-state index contributed by atoms with van der Waals surface area (Å²) in [7, 11) is 2.09. The second kappa shape index (κ2) is 6.16. The van der Waals surface area contributed by atoms with Gasteiger partial charge in [0.2, 0.25) is 0 Å². The van der Waals surface area contributed by atoms with Gasteiger partial charge in [0.1, 0.15) is 17.5 Å². The van der Waals surface area contributed by atoms with Gasteiger partial charge in [0, 0.05) is 55.6 Å². The summed E-state index contributed by atoms with van der Waals surface area (Å²) >= 11 is 0. The molecule has 6 nitrogen and oxygen atoms in total. The smallest absolute Gasteiger partial charge is 0.134 e. The molecule has 2 aromatic heterocycles. The van der Waals surface area contributed by atoms with Crippen molar-refractivity contribution in [1.29, 1.82) is 0 Å². The zero-order chi connectivity index (χ0) is 16.7. The number of aryl methyl sites for hydroxylation is 1. The van der Waals surface area contributed by atoms with Crippen LogP contribution in [0.5, 0.6) is 0 Å². The van der Waals surface area contributed by atoms with Crippen LogP contribution in [0.3, 0.4) is 0 Å². The van der Waals surface area contributed by atoms with Crippen LogP contribution in [0.4, 0.5) is 5.82 Å². The third-order valence-corrected chi connectivity index (χ3v) is 5.20. The largest absolute Gasteiger partial charge is 0.352 e. The van der Waals surface area contributed by atoms with Gasteiger partial charge >= 0.3 is 0 Å². The summed E-state index contributed by atoms with van der Waals surface area (Å²) in [4.78, 5) is 16.4. The zero-order valence-corrected chi connectivity index (χ0v) is 14.5. The second-order valence-electron chi connectivity index (χ2n) is 7.20. The van der Waals surface area contributed by atoms with E-state index in [1.54, 1.807) is 0 Å². The molecule has 0 atom stereocenters. The summed E-state index contributed by atoms with van der Waals surface area (Å²) in [6, 6.07) is 2.49. The van der Waals surface area contributed by atoms with Crippen molar-refractivity contribution >= 4 is 5.82 Å². The Balaban J connectivity index is 1.58. The first kappa shape index (κ1) is 15.6. The van der Waals surface area contributed by atoms with Gasteiger partial charge in [-0.2, -0.15) is 0 Å². The van der Waals surface area contributed by atoms with Crippen LogP contribution in [-0.4, -0.2) is 32.6 Å². The van der Waals surface area contributed by atoms with Crippen molar-refractivity contribution in [2.75, 3.05) is 11.9 Å². The van der Waals surface area contributed by atoms with Gasteiger partial charge in [0.15, 0.2) is 0 Å². The molecule has 0 spiro atoms. The highest BCUT2D eigenvalue weighted by atomic mass is 15.2. The summed E-state index contributed by atoms with van der Waals surface area (Å²) in [5, 5.41) is 0. The lowest BCUT2D eigenvalue weighted by Crippen LogP contribution is -2.35. The van der Waals surface area contributed by atoms with Crippen molar-refractivity contribution in [2.24, 2.45) is 5.73 Å². The van der Waals surface area contributed by atoms with Crippen LogP contribution in [0.1, 0.15) is 61.8 Å². The highest BCUT2D eigenvalue weighted by Crippen LogP contribution is 2.41. The lowest BCUT2D eigenvalue weighted by Gasteiger charge is -2.32. The van der Waals surface area contributed by atoms with Gasteiger partial charge in [-0.15, -0.1) is 0 Å². The summed E-state index contributed by atoms with van der Waals surface area (Å²) in [6.07, 6.45) is 8.42. The molecular weight excluding hydrogens is 300 g/mol. The summed E-state index contributed by atoms with van der Waals surface area (Å²) in [5.41, 5.74) is 7.15. The van der Waals surface area contributed by atoms with Crippen molar-refractivity contribution in [3.63, 3.8) is 0 Å². The molecule has 0 saturated heterocycles. The molecule has 2 fully saturated rings. The van der Waals surface area contributed by atoms with Crippen LogP contribution in [0, 0.1) is 0 Å². The first-order valence-electron chi connectivity index (χ1n) is 8.99. The summed E-state index contributed by atoms with van der Waals surface area (Å²) < 4.78 is 2.17. The molecule has 2 heterocycles. The number of imidazole rings is 1. The monoisotopic (exact) mass is 326 g/mol. The molecule has 2 saturated carbocycles. The van der Waals surface area contributed by atoms with Crippen LogP contribution < -0.4 is 10.6 Å². The SMILES string of the molecule is CCn1ccnc1CN(C)c1cc(C2CC(N)C2)nc(C2CC2)n1. The molecule has 6 heteroatoms. The van der Waals surface area contributed by atoms with Crippen LogP contribution in [-0.2, 0) is 13.1 Å². The maximum Gasteiger partial charge on any atom is 0.134 e. The van der Waals surface area contributed by atoms with Crippen molar-refractivity contribution in [2.45, 2.75) is 63.6 Å². The van der Waals surface area contributed by atoms with Crippen molar-refractivity contribution < 1.29 is 0 Å². The molecule has 0 radical (unpaired) electrons. The Morgan fingerprint density at radius 2 is 2.04 bits per heavy atom. The Morgan fingerprint density at radius 1 is 1.25 bits per heavy atom. The average molecular weight is 326 g/mol. The van der Waals surface area contributed by atoms with Gasteiger partial charge in [-0.25, -0.2) is 15.0 Å². The molecule has 4 rings (SSSR count). The Bertz CT molecular complexity index is 714. The molecule has 128 valence electrons. The van der Waals surface area contributed by atoms with Gasteiger partial charge in [0.05, 0.1) is 6.54 Å². The van der Waals surface area contributed by atoms with Crippen LogP contribution in [0.2, 0.25) is 0 Å². The molecular formula is C18H26N6. The molecule has 2 aromatic rings. The maximum absolute atomic E-state index is 5.97. The number of nitrogens with zero attached hydrogens (tertiary/aromatic N) is 5. The first-order valence-corrected chi connectivity index (χ1v) is 8.99. The van der Waals surface area contributed by atoms with Crippen LogP contribution in [0.15, 0.2) is 18.5 Å². The van der Waals surface area contributed by atoms with E-state index in [1.807, 2.05) is 12.4 Å². The average Bonchev–Trinajstić information content (AvgIpc) is 3.32. The number of nitrogens with two attached hydrogens (primary N) is 1. The third-order valence-electron chi connectivity index (χ3n) is 5.20. The van der Waals surface area contributed by atoms with E-state index >= 15 is 0 Å². The lowest BCUT2D eigenvalue weighted by molar-refractivity contribution is 0.344. The van der Waals surface area contributed by atoms with E-state index in [-0.39, 0.29) is 0 Å². The van der Waals surface area contributed by atoms with Crippen molar-refractivity contribution in [1.82, 2.24) is 19.5 Å². The van der Waals surface area contributed by atoms with E-state index in [9.17, 15) is 0 Å². The molecule has 24 heavy (non-hydrogen) atoms. The van der Waals surface area contributed by atoms with Crippen molar-refractivity contribution in [3.8, 4) is 0 Å². The molecule has 0 unspecified atom stereocenters. The quantitative estimate of drug-likeness (QED) is 0.882. The molecule has 0 aromatic carbocycles. The fourth-order valence-electron chi connectivity index (χ4n) is 3.38. The highest BCUT2D eigenvalue weighted by molar-refractivity contribution is 5.41. The third kappa shape index (κ3) is 3.02. The maximum atomic E-state index is 5.97. The predicted molar refractivity (Wildman–Crippen MR) is 94.0 cm³/mol. The Hall–Kier alpha value is -1.95. The van der Waals surface area contributed by atoms with E-state index in [1.165, 1.54) is 18.5 Å². The molecule has 0 amide bonds. The van der Waals surface area contributed by atoms with Crippen molar-refractivity contribution in [3.05, 3.63) is 35.8 Å². The molecule has 2 N–H and O–H groups in total. The number of aromatic nitrogens is 4. The van der Waals surface area contributed by atoms with Gasteiger partial charge in [0.25, 0.3) is 0 Å². The molecule has 0 bridgehead atoms. The van der Waals surface area contributed by atoms with E-state index in [2.05, 4.69) is 34.5 Å². The number of hydrogen-bond acceptors (Lipinski definition) is 5. The predicted octanol–water partition coefficient (Wildman–Crippen LogP) is 2.41. The molecule has 0 aliphatic heterocycles. The van der Waals surface area contributed by atoms with E-state index in [4.69, 9.17) is 15.7 Å². The number of rotatable bonds is 6. The van der Waals surface area contributed by atoms with Crippen LogP contribution in [0.25, 0.3) is 0 Å². The minimum Gasteiger partial charge on any atom is -0.352 e. The summed E-state index contributed by atoms with van der Waals surface area (Å²) in [6.45, 7) is 3.83. The summed E-state index contributed by atoms with van der Waals surface area (Å²) in [5.74, 6) is 4.16.